The SMILES string of the molecule is O=C(C[C@@H]1COc2ccccc2NC1=O)NC1CC1. The Morgan fingerprint density at radius 2 is 2.16 bits per heavy atom. The number of benzene rings is 1. The van der Waals surface area contributed by atoms with Gasteiger partial charge in [0.15, 0.2) is 0 Å². The van der Waals surface area contributed by atoms with Gasteiger partial charge in [0.25, 0.3) is 0 Å². The number of rotatable bonds is 3. The molecule has 0 aromatic heterocycles. The maximum absolute atomic E-state index is 12.0. The number of fused-ring (bicyclic) bond motifs is 1. The summed E-state index contributed by atoms with van der Waals surface area (Å²) in [6.45, 7) is 0.237. The first-order valence-electron chi connectivity index (χ1n) is 6.54. The van der Waals surface area contributed by atoms with Crippen LogP contribution in [-0.4, -0.2) is 24.5 Å². The smallest absolute Gasteiger partial charge is 0.231 e. The Morgan fingerprint density at radius 3 is 2.95 bits per heavy atom. The van der Waals surface area contributed by atoms with E-state index < -0.39 is 5.92 Å². The van der Waals surface area contributed by atoms with Crippen molar-refractivity contribution >= 4 is 17.5 Å². The third-order valence-electron chi connectivity index (χ3n) is 3.33. The molecular weight excluding hydrogens is 244 g/mol. The van der Waals surface area contributed by atoms with Gasteiger partial charge in [0, 0.05) is 12.5 Å². The lowest BCUT2D eigenvalue weighted by Gasteiger charge is -2.12. The molecule has 0 radical (unpaired) electrons. The fourth-order valence-corrected chi connectivity index (χ4v) is 2.09. The summed E-state index contributed by atoms with van der Waals surface area (Å²) in [7, 11) is 0. The number of hydrogen-bond acceptors (Lipinski definition) is 3. The van der Waals surface area contributed by atoms with Crippen molar-refractivity contribution < 1.29 is 14.3 Å². The number of carbonyl (C=O) groups is 2. The standard InChI is InChI=1S/C14H16N2O3/c17-13(15-10-5-6-10)7-9-8-19-12-4-2-1-3-11(12)16-14(9)18/h1-4,9-10H,5-8H2,(H,15,17)(H,16,18)/t9-/m1/s1. The van der Waals surface area contributed by atoms with Crippen molar-refractivity contribution in [2.75, 3.05) is 11.9 Å². The molecule has 19 heavy (non-hydrogen) atoms. The van der Waals surface area contributed by atoms with E-state index >= 15 is 0 Å². The molecule has 1 fully saturated rings. The molecule has 2 amide bonds. The molecular formula is C14H16N2O3. The van der Waals surface area contributed by atoms with Crippen LogP contribution in [0.5, 0.6) is 5.75 Å². The number of nitrogens with one attached hydrogen (secondary N) is 2. The Kier molecular flexibility index (Phi) is 3.11. The van der Waals surface area contributed by atoms with Crippen LogP contribution in [0.25, 0.3) is 0 Å². The lowest BCUT2D eigenvalue weighted by atomic mass is 10.1. The lowest BCUT2D eigenvalue weighted by Crippen LogP contribution is -2.33. The maximum atomic E-state index is 12.0. The van der Waals surface area contributed by atoms with Crippen LogP contribution in [0.4, 0.5) is 5.69 Å². The molecule has 3 rings (SSSR count). The van der Waals surface area contributed by atoms with Gasteiger partial charge in [-0.2, -0.15) is 0 Å². The summed E-state index contributed by atoms with van der Waals surface area (Å²) < 4.78 is 5.59. The van der Waals surface area contributed by atoms with Crippen LogP contribution < -0.4 is 15.4 Å². The van der Waals surface area contributed by atoms with Crippen LogP contribution in [0.1, 0.15) is 19.3 Å². The number of ether oxygens (including phenoxy) is 1. The summed E-state index contributed by atoms with van der Waals surface area (Å²) in [6.07, 6.45) is 2.27. The van der Waals surface area contributed by atoms with Gasteiger partial charge in [-0.15, -0.1) is 0 Å². The fourth-order valence-electron chi connectivity index (χ4n) is 2.09. The molecule has 1 atom stereocenters. The molecule has 0 bridgehead atoms. The van der Waals surface area contributed by atoms with E-state index in [1.165, 1.54) is 0 Å². The van der Waals surface area contributed by atoms with E-state index in [9.17, 15) is 9.59 Å². The van der Waals surface area contributed by atoms with Gasteiger partial charge in [-0.3, -0.25) is 9.59 Å². The zero-order valence-corrected chi connectivity index (χ0v) is 10.5. The monoisotopic (exact) mass is 260 g/mol. The summed E-state index contributed by atoms with van der Waals surface area (Å²) in [5, 5.41) is 5.69. The highest BCUT2D eigenvalue weighted by atomic mass is 16.5. The number of carbonyl (C=O) groups excluding carboxylic acids is 2. The Labute approximate surface area is 111 Å². The molecule has 2 N–H and O–H groups in total. The van der Waals surface area contributed by atoms with E-state index in [2.05, 4.69) is 10.6 Å². The Bertz CT molecular complexity index is 511. The van der Waals surface area contributed by atoms with Gasteiger partial charge in [0.05, 0.1) is 11.6 Å². The molecule has 1 aromatic carbocycles. The molecule has 0 saturated heterocycles. The molecule has 1 saturated carbocycles. The third kappa shape index (κ3) is 2.86. The van der Waals surface area contributed by atoms with Crippen molar-refractivity contribution in [3.05, 3.63) is 24.3 Å². The molecule has 100 valence electrons. The van der Waals surface area contributed by atoms with Gasteiger partial charge in [0.1, 0.15) is 12.4 Å². The topological polar surface area (TPSA) is 67.4 Å². The minimum atomic E-state index is -0.439. The first-order chi connectivity index (χ1) is 9.22. The van der Waals surface area contributed by atoms with Gasteiger partial charge < -0.3 is 15.4 Å². The number of hydrogen-bond donors (Lipinski definition) is 2. The average Bonchev–Trinajstić information content (AvgIpc) is 3.19. The minimum absolute atomic E-state index is 0.0720. The van der Waals surface area contributed by atoms with Crippen LogP contribution in [0.3, 0.4) is 0 Å². The highest BCUT2D eigenvalue weighted by Gasteiger charge is 2.29. The van der Waals surface area contributed by atoms with Crippen molar-refractivity contribution in [1.82, 2.24) is 5.32 Å². The summed E-state index contributed by atoms with van der Waals surface area (Å²) in [5.41, 5.74) is 0.664. The summed E-state index contributed by atoms with van der Waals surface area (Å²) in [4.78, 5) is 23.8. The minimum Gasteiger partial charge on any atom is -0.491 e. The van der Waals surface area contributed by atoms with Gasteiger partial charge in [0.2, 0.25) is 11.8 Å². The van der Waals surface area contributed by atoms with E-state index in [4.69, 9.17) is 4.74 Å². The van der Waals surface area contributed by atoms with Crippen molar-refractivity contribution in [1.29, 1.82) is 0 Å². The number of amides is 2. The summed E-state index contributed by atoms with van der Waals surface area (Å²) in [5.74, 6) is -0.0137. The number of para-hydroxylation sites is 2. The van der Waals surface area contributed by atoms with Crippen LogP contribution in [0, 0.1) is 5.92 Å². The molecule has 5 nitrogen and oxygen atoms in total. The lowest BCUT2D eigenvalue weighted by molar-refractivity contribution is -0.128. The van der Waals surface area contributed by atoms with Crippen molar-refractivity contribution in [2.45, 2.75) is 25.3 Å². The quantitative estimate of drug-likeness (QED) is 0.861. The van der Waals surface area contributed by atoms with Crippen LogP contribution in [0.15, 0.2) is 24.3 Å². The second-order valence-corrected chi connectivity index (χ2v) is 5.04. The van der Waals surface area contributed by atoms with Gasteiger partial charge in [-0.25, -0.2) is 0 Å². The molecule has 1 aliphatic heterocycles. The Hall–Kier alpha value is -2.04. The molecule has 1 aromatic rings. The largest absolute Gasteiger partial charge is 0.491 e. The number of anilines is 1. The zero-order chi connectivity index (χ0) is 13.2. The van der Waals surface area contributed by atoms with Crippen LogP contribution in [-0.2, 0) is 9.59 Å². The van der Waals surface area contributed by atoms with Crippen LogP contribution in [0.2, 0.25) is 0 Å². The molecule has 1 aliphatic carbocycles. The van der Waals surface area contributed by atoms with Crippen molar-refractivity contribution in [3.8, 4) is 5.75 Å². The second-order valence-electron chi connectivity index (χ2n) is 5.04. The summed E-state index contributed by atoms with van der Waals surface area (Å²) in [6, 6.07) is 7.61. The van der Waals surface area contributed by atoms with Gasteiger partial charge >= 0.3 is 0 Å². The van der Waals surface area contributed by atoms with E-state index in [1.54, 1.807) is 6.07 Å². The molecule has 0 unspecified atom stereocenters. The first kappa shape index (κ1) is 12.0. The average molecular weight is 260 g/mol. The fraction of sp³-hybridized carbons (Fsp3) is 0.429. The summed E-state index contributed by atoms with van der Waals surface area (Å²) >= 11 is 0. The third-order valence-corrected chi connectivity index (χ3v) is 3.33. The van der Waals surface area contributed by atoms with Crippen LogP contribution >= 0.6 is 0 Å². The Balaban J connectivity index is 1.64. The predicted octanol–water partition coefficient (Wildman–Crippen LogP) is 1.30. The normalized spacial score (nSPS) is 21.7. The molecule has 5 heteroatoms. The predicted molar refractivity (Wildman–Crippen MR) is 69.8 cm³/mol. The van der Waals surface area contributed by atoms with Gasteiger partial charge in [-0.05, 0) is 25.0 Å². The van der Waals surface area contributed by atoms with E-state index in [-0.39, 0.29) is 24.8 Å². The second kappa shape index (κ2) is 4.91. The Morgan fingerprint density at radius 1 is 1.37 bits per heavy atom. The van der Waals surface area contributed by atoms with E-state index in [1.807, 2.05) is 18.2 Å². The maximum Gasteiger partial charge on any atom is 0.231 e. The highest BCUT2D eigenvalue weighted by molar-refractivity contribution is 5.97. The highest BCUT2D eigenvalue weighted by Crippen LogP contribution is 2.28. The molecule has 1 heterocycles. The van der Waals surface area contributed by atoms with Gasteiger partial charge in [-0.1, -0.05) is 12.1 Å². The zero-order valence-electron chi connectivity index (χ0n) is 10.5. The molecule has 0 spiro atoms. The van der Waals surface area contributed by atoms with E-state index in [0.717, 1.165) is 12.8 Å². The van der Waals surface area contributed by atoms with Crippen molar-refractivity contribution in [3.63, 3.8) is 0 Å². The molecule has 2 aliphatic rings. The first-order valence-corrected chi connectivity index (χ1v) is 6.54. The van der Waals surface area contributed by atoms with Crippen molar-refractivity contribution in [2.24, 2.45) is 5.92 Å². The van der Waals surface area contributed by atoms with E-state index in [0.29, 0.717) is 17.5 Å².